The van der Waals surface area contributed by atoms with Gasteiger partial charge in [-0.15, -0.1) is 10.2 Å². The maximum absolute atomic E-state index is 14.4. The van der Waals surface area contributed by atoms with Crippen LogP contribution in [0.3, 0.4) is 0 Å². The molecule has 27 heavy (non-hydrogen) atoms. The minimum absolute atomic E-state index is 0.00576. The summed E-state index contributed by atoms with van der Waals surface area (Å²) in [7, 11) is 1.47. The highest BCUT2D eigenvalue weighted by Gasteiger charge is 2.34. The molecule has 9 heteroatoms. The molecule has 4 rings (SSSR count). The molecule has 0 radical (unpaired) electrons. The van der Waals surface area contributed by atoms with Gasteiger partial charge >= 0.3 is 0 Å². The number of hydrogen-bond acceptors (Lipinski definition) is 5. The van der Waals surface area contributed by atoms with Crippen molar-refractivity contribution >= 4 is 11.7 Å². The molecule has 1 aliphatic heterocycles. The van der Waals surface area contributed by atoms with Crippen LogP contribution in [0, 0.1) is 18.6 Å². The Morgan fingerprint density at radius 1 is 1.22 bits per heavy atom. The van der Waals surface area contributed by atoms with E-state index in [1.165, 1.54) is 11.8 Å². The average molecular weight is 371 g/mol. The lowest BCUT2D eigenvalue weighted by atomic mass is 9.85. The summed E-state index contributed by atoms with van der Waals surface area (Å²) in [6.45, 7) is 1.74. The Hall–Kier alpha value is -3.36. The molecule has 1 unspecified atom stereocenters. The van der Waals surface area contributed by atoms with E-state index in [0.717, 1.165) is 18.2 Å². The Balaban J connectivity index is 1.86. The molecule has 1 amide bonds. The second kappa shape index (κ2) is 6.42. The third-order valence-electron chi connectivity index (χ3n) is 4.49. The number of ether oxygens (including phenoxy) is 1. The second-order valence-electron chi connectivity index (χ2n) is 6.16. The number of nitrogens with one attached hydrogen (secondary N) is 1. The van der Waals surface area contributed by atoms with Gasteiger partial charge in [0.15, 0.2) is 5.82 Å². The van der Waals surface area contributed by atoms with Crippen molar-refractivity contribution in [2.45, 2.75) is 19.3 Å². The Labute approximate surface area is 153 Å². The molecule has 2 aromatic heterocycles. The SMILES string of the molecule is COc1ccc(-n2nc(C)c3c2NC(=O)CC3c2cc(F)ccc2F)nn1. The maximum Gasteiger partial charge on any atom is 0.233 e. The number of rotatable bonds is 3. The van der Waals surface area contributed by atoms with Crippen LogP contribution in [0.25, 0.3) is 5.82 Å². The fourth-order valence-corrected chi connectivity index (χ4v) is 3.30. The van der Waals surface area contributed by atoms with E-state index in [1.807, 2.05) is 0 Å². The molecule has 1 atom stereocenters. The number of amides is 1. The van der Waals surface area contributed by atoms with E-state index in [1.54, 1.807) is 19.1 Å². The molecule has 1 aliphatic rings. The predicted octanol–water partition coefficient (Wildman–Crippen LogP) is 2.73. The molecule has 138 valence electrons. The monoisotopic (exact) mass is 371 g/mol. The minimum Gasteiger partial charge on any atom is -0.480 e. The van der Waals surface area contributed by atoms with Crippen LogP contribution < -0.4 is 10.1 Å². The van der Waals surface area contributed by atoms with Gasteiger partial charge in [-0.05, 0) is 36.8 Å². The summed E-state index contributed by atoms with van der Waals surface area (Å²) in [6, 6.07) is 6.47. The van der Waals surface area contributed by atoms with Crippen LogP contribution in [0.1, 0.15) is 29.2 Å². The Bertz CT molecular complexity index is 1030. The van der Waals surface area contributed by atoms with Gasteiger partial charge in [-0.1, -0.05) is 0 Å². The second-order valence-corrected chi connectivity index (χ2v) is 6.16. The van der Waals surface area contributed by atoms with E-state index in [4.69, 9.17) is 4.74 Å². The molecule has 0 saturated carbocycles. The summed E-state index contributed by atoms with van der Waals surface area (Å²) in [5.41, 5.74) is 1.32. The third-order valence-corrected chi connectivity index (χ3v) is 4.49. The lowest BCUT2D eigenvalue weighted by Crippen LogP contribution is -2.25. The summed E-state index contributed by atoms with van der Waals surface area (Å²) in [4.78, 5) is 12.3. The average Bonchev–Trinajstić information content (AvgIpc) is 2.99. The summed E-state index contributed by atoms with van der Waals surface area (Å²) >= 11 is 0. The zero-order valence-corrected chi connectivity index (χ0v) is 14.5. The Morgan fingerprint density at radius 3 is 2.74 bits per heavy atom. The number of carbonyl (C=O) groups is 1. The highest BCUT2D eigenvalue weighted by molar-refractivity contribution is 5.95. The topological polar surface area (TPSA) is 81.9 Å². The van der Waals surface area contributed by atoms with Crippen molar-refractivity contribution in [1.82, 2.24) is 20.0 Å². The summed E-state index contributed by atoms with van der Waals surface area (Å²) in [6.07, 6.45) is -0.00576. The summed E-state index contributed by atoms with van der Waals surface area (Å²) < 4.78 is 34.5. The van der Waals surface area contributed by atoms with E-state index in [2.05, 4.69) is 20.6 Å². The number of fused-ring (bicyclic) bond motifs is 1. The third kappa shape index (κ3) is 2.90. The number of aryl methyl sites for hydroxylation is 1. The van der Waals surface area contributed by atoms with Crippen molar-refractivity contribution in [3.8, 4) is 11.7 Å². The largest absolute Gasteiger partial charge is 0.480 e. The van der Waals surface area contributed by atoms with Crippen LogP contribution in [-0.4, -0.2) is 33.0 Å². The minimum atomic E-state index is -0.649. The van der Waals surface area contributed by atoms with Crippen molar-refractivity contribution in [2.75, 3.05) is 12.4 Å². The molecule has 1 N–H and O–H groups in total. The first kappa shape index (κ1) is 17.1. The molecular weight excluding hydrogens is 356 g/mol. The van der Waals surface area contributed by atoms with E-state index in [0.29, 0.717) is 28.8 Å². The molecular formula is C18H15F2N5O2. The van der Waals surface area contributed by atoms with Crippen LogP contribution in [0.5, 0.6) is 5.88 Å². The first-order chi connectivity index (χ1) is 13.0. The van der Waals surface area contributed by atoms with Crippen LogP contribution >= 0.6 is 0 Å². The normalized spacial score (nSPS) is 16.0. The predicted molar refractivity (Wildman–Crippen MR) is 91.9 cm³/mol. The van der Waals surface area contributed by atoms with Gasteiger partial charge in [-0.3, -0.25) is 4.79 Å². The van der Waals surface area contributed by atoms with E-state index in [-0.39, 0.29) is 17.9 Å². The van der Waals surface area contributed by atoms with Gasteiger partial charge in [-0.2, -0.15) is 9.78 Å². The number of halogens is 2. The number of methoxy groups -OCH3 is 1. The van der Waals surface area contributed by atoms with Gasteiger partial charge in [0.1, 0.15) is 17.5 Å². The van der Waals surface area contributed by atoms with Crippen molar-refractivity contribution < 1.29 is 18.3 Å². The molecule has 0 bridgehead atoms. The number of hydrogen-bond donors (Lipinski definition) is 1. The van der Waals surface area contributed by atoms with E-state index in [9.17, 15) is 13.6 Å². The van der Waals surface area contributed by atoms with Crippen LogP contribution in [0.15, 0.2) is 30.3 Å². The van der Waals surface area contributed by atoms with Crippen LogP contribution in [0.4, 0.5) is 14.6 Å². The fraction of sp³-hybridized carbons (Fsp3) is 0.222. The number of carbonyl (C=O) groups excluding carboxylic acids is 1. The lowest BCUT2D eigenvalue weighted by Gasteiger charge is -2.24. The van der Waals surface area contributed by atoms with Crippen molar-refractivity contribution in [2.24, 2.45) is 0 Å². The van der Waals surface area contributed by atoms with Crippen molar-refractivity contribution in [3.63, 3.8) is 0 Å². The first-order valence-electron chi connectivity index (χ1n) is 8.20. The number of anilines is 1. The number of nitrogens with zero attached hydrogens (tertiary/aromatic N) is 4. The quantitative estimate of drug-likeness (QED) is 0.766. The lowest BCUT2D eigenvalue weighted by molar-refractivity contribution is -0.116. The Kier molecular flexibility index (Phi) is 4.06. The molecule has 0 fully saturated rings. The van der Waals surface area contributed by atoms with E-state index >= 15 is 0 Å². The molecule has 0 saturated heterocycles. The van der Waals surface area contributed by atoms with Gasteiger partial charge in [0.25, 0.3) is 0 Å². The van der Waals surface area contributed by atoms with Gasteiger partial charge in [0.2, 0.25) is 11.8 Å². The number of aromatic nitrogens is 4. The summed E-state index contributed by atoms with van der Waals surface area (Å²) in [5, 5.41) is 15.1. The smallest absolute Gasteiger partial charge is 0.233 e. The zero-order valence-electron chi connectivity index (χ0n) is 14.5. The molecule has 7 nitrogen and oxygen atoms in total. The standard InChI is InChI=1S/C18H15F2N5O2/c1-9-17-12(11-7-10(19)3-4-13(11)20)8-15(26)21-18(17)25(24-9)14-5-6-16(27-2)23-22-14/h3-7,12H,8H2,1-2H3,(H,21,26). The first-order valence-corrected chi connectivity index (χ1v) is 8.20. The van der Waals surface area contributed by atoms with Gasteiger partial charge < -0.3 is 10.1 Å². The van der Waals surface area contributed by atoms with E-state index < -0.39 is 17.6 Å². The van der Waals surface area contributed by atoms with Crippen LogP contribution in [0.2, 0.25) is 0 Å². The molecule has 3 heterocycles. The van der Waals surface area contributed by atoms with Gasteiger partial charge in [0, 0.05) is 24.0 Å². The highest BCUT2D eigenvalue weighted by Crippen LogP contribution is 2.40. The molecule has 0 spiro atoms. The zero-order chi connectivity index (χ0) is 19.1. The van der Waals surface area contributed by atoms with Gasteiger partial charge in [0.05, 0.1) is 12.8 Å². The molecule has 3 aromatic rings. The number of benzene rings is 1. The van der Waals surface area contributed by atoms with Crippen molar-refractivity contribution in [3.05, 3.63) is 58.8 Å². The maximum atomic E-state index is 14.4. The van der Waals surface area contributed by atoms with Crippen LogP contribution in [-0.2, 0) is 4.79 Å². The highest BCUT2D eigenvalue weighted by atomic mass is 19.1. The van der Waals surface area contributed by atoms with Gasteiger partial charge in [-0.25, -0.2) is 8.78 Å². The fourth-order valence-electron chi connectivity index (χ4n) is 3.30. The molecule has 1 aromatic carbocycles. The molecule has 0 aliphatic carbocycles. The van der Waals surface area contributed by atoms with Crippen molar-refractivity contribution in [1.29, 1.82) is 0 Å². The summed E-state index contributed by atoms with van der Waals surface area (Å²) in [5.74, 6) is -1.04. The Morgan fingerprint density at radius 2 is 2.04 bits per heavy atom.